The molecular weight excluding hydrogens is 806 g/mol. The van der Waals surface area contributed by atoms with E-state index in [1.165, 1.54) is 19.8 Å². The number of Topliss-reactive ketones (excluding diaryl/α,β-unsaturated/α-hetero) is 1. The fourth-order valence-corrected chi connectivity index (χ4v) is 6.90. The number of carbonyl (C=O) groups excluding carboxylic acids is 3. The maximum Gasteiger partial charge on any atom is 0.407 e. The molecule has 0 bridgehead atoms. The van der Waals surface area contributed by atoms with Crippen LogP contribution in [0.2, 0.25) is 0 Å². The molecule has 3 saturated carbocycles. The summed E-state index contributed by atoms with van der Waals surface area (Å²) in [6, 6.07) is 6.70. The van der Waals surface area contributed by atoms with Gasteiger partial charge in [0.05, 0.1) is 41.7 Å². The Hall–Kier alpha value is -4.03. The molecule has 4 aliphatic rings. The second kappa shape index (κ2) is 24.6. The van der Waals surface area contributed by atoms with E-state index in [9.17, 15) is 24.6 Å². The third kappa shape index (κ3) is 17.3. The lowest BCUT2D eigenvalue weighted by Gasteiger charge is -2.37. The van der Waals surface area contributed by atoms with Crippen LogP contribution in [-0.2, 0) is 14.2 Å². The second-order valence-electron chi connectivity index (χ2n) is 17.6. The van der Waals surface area contributed by atoms with Crippen LogP contribution in [0.25, 0.3) is 0 Å². The summed E-state index contributed by atoms with van der Waals surface area (Å²) in [7, 11) is 0. The Labute approximate surface area is 369 Å². The Morgan fingerprint density at radius 2 is 1.11 bits per heavy atom. The van der Waals surface area contributed by atoms with Gasteiger partial charge >= 0.3 is 12.2 Å². The summed E-state index contributed by atoms with van der Waals surface area (Å²) in [6.45, 7) is 20.3. The van der Waals surface area contributed by atoms with Crippen molar-refractivity contribution < 1.29 is 40.2 Å². The van der Waals surface area contributed by atoms with E-state index in [0.717, 1.165) is 63.1 Å². The van der Waals surface area contributed by atoms with Crippen LogP contribution in [0.1, 0.15) is 181 Å². The van der Waals surface area contributed by atoms with E-state index in [1.54, 1.807) is 50.1 Å². The molecule has 61 heavy (non-hydrogen) atoms. The van der Waals surface area contributed by atoms with Crippen LogP contribution < -0.4 is 16.4 Å². The van der Waals surface area contributed by atoms with Crippen molar-refractivity contribution in [3.05, 3.63) is 53.9 Å². The molecule has 1 aliphatic heterocycles. The topological polar surface area (TPSA) is 223 Å². The average Bonchev–Trinajstić information content (AvgIpc) is 3.94. The normalized spacial score (nSPS) is 23.7. The maximum atomic E-state index is 11.6. The predicted molar refractivity (Wildman–Crippen MR) is 236 cm³/mol. The van der Waals surface area contributed by atoms with E-state index < -0.39 is 29.5 Å². The monoisotopic (exact) mass is 881 g/mol. The standard InChI is InChI=1S/C14H23N3O3.C14H21N3O3.C9H15N3O.C4H8O.C2H6.ClH/c2*1-9(18)12-5-6-15-17(12)11-7-10(8-11)16-13(19)20-14(2,3)4;1-6(13)9-2-3-11-12(9)8-4-7(10)5-8;1-2-4-5-3-1;1-2;/h5-6,9-11,18H,7-8H2,1-4H3,(H,16,19);5-6,10-11H,7-8H2,1-4H3,(H,16,19);2-3,6-8,13H,4-5,10H2,1H3;1-4H2;1-2H3;1H/i;;;;1D;. The molecule has 0 aromatic carbocycles. The summed E-state index contributed by atoms with van der Waals surface area (Å²) < 4.78 is 27.1. The number of ketones is 1. The number of aliphatic hydroxyl groups is 2. The lowest BCUT2D eigenvalue weighted by Crippen LogP contribution is -2.47. The third-order valence-electron chi connectivity index (χ3n) is 9.97. The molecular formula is C43H74ClN9O8. The Kier molecular flexibility index (Phi) is 20.7. The molecule has 6 N–H and O–H groups in total. The Morgan fingerprint density at radius 1 is 0.754 bits per heavy atom. The summed E-state index contributed by atoms with van der Waals surface area (Å²) in [5, 5.41) is 37.4. The van der Waals surface area contributed by atoms with Crippen molar-refractivity contribution in [2.24, 2.45) is 5.73 Å². The molecule has 4 fully saturated rings. The van der Waals surface area contributed by atoms with E-state index >= 15 is 0 Å². The number of alkyl carbamates (subject to hydrolysis) is 2. The Balaban J connectivity index is 0.000000296. The van der Waals surface area contributed by atoms with Crippen molar-refractivity contribution in [2.45, 2.75) is 187 Å². The second-order valence-corrected chi connectivity index (χ2v) is 17.6. The zero-order valence-corrected chi connectivity index (χ0v) is 38.7. The zero-order chi connectivity index (χ0) is 45.5. The van der Waals surface area contributed by atoms with Gasteiger partial charge in [0.2, 0.25) is 0 Å². The van der Waals surface area contributed by atoms with Crippen molar-refractivity contribution in [3.8, 4) is 0 Å². The minimum absolute atomic E-state index is 0. The number of hydrogen-bond acceptors (Lipinski definition) is 12. The van der Waals surface area contributed by atoms with Gasteiger partial charge in [-0.2, -0.15) is 15.3 Å². The average molecular weight is 882 g/mol. The van der Waals surface area contributed by atoms with Gasteiger partial charge < -0.3 is 40.8 Å². The van der Waals surface area contributed by atoms with Crippen molar-refractivity contribution in [2.75, 3.05) is 13.2 Å². The molecule has 3 aromatic heterocycles. The first-order chi connectivity index (χ1) is 28.6. The number of hydrogen-bond donors (Lipinski definition) is 5. The van der Waals surface area contributed by atoms with Gasteiger partial charge in [-0.1, -0.05) is 13.8 Å². The highest BCUT2D eigenvalue weighted by Gasteiger charge is 2.36. The summed E-state index contributed by atoms with van der Waals surface area (Å²) in [4.78, 5) is 34.7. The van der Waals surface area contributed by atoms with Crippen LogP contribution in [0.5, 0.6) is 0 Å². The molecule has 4 heterocycles. The van der Waals surface area contributed by atoms with Crippen LogP contribution in [-0.4, -0.2) is 100 Å². The van der Waals surface area contributed by atoms with Crippen LogP contribution in [0.4, 0.5) is 9.59 Å². The molecule has 2 amide bonds. The number of nitrogens with one attached hydrogen (secondary N) is 2. The van der Waals surface area contributed by atoms with Gasteiger partial charge in [-0.15, -0.1) is 12.4 Å². The summed E-state index contributed by atoms with van der Waals surface area (Å²) in [5.41, 5.74) is 7.04. The van der Waals surface area contributed by atoms with Crippen molar-refractivity contribution >= 4 is 30.4 Å². The van der Waals surface area contributed by atoms with Gasteiger partial charge in [0.1, 0.15) is 16.9 Å². The van der Waals surface area contributed by atoms with Gasteiger partial charge in [0, 0.05) is 58.2 Å². The number of amides is 2. The molecule has 17 nitrogen and oxygen atoms in total. The number of ether oxygens (including phenoxy) is 3. The number of halogens is 1. The highest BCUT2D eigenvalue weighted by atomic mass is 35.5. The fourth-order valence-electron chi connectivity index (χ4n) is 6.90. The maximum absolute atomic E-state index is 11.6. The number of nitrogens with zero attached hydrogens (tertiary/aromatic N) is 6. The van der Waals surface area contributed by atoms with Crippen LogP contribution in [0.15, 0.2) is 36.8 Å². The van der Waals surface area contributed by atoms with E-state index in [2.05, 4.69) is 25.9 Å². The van der Waals surface area contributed by atoms with Gasteiger partial charge in [-0.05, 0) is 125 Å². The molecule has 0 spiro atoms. The lowest BCUT2D eigenvalue weighted by molar-refractivity contribution is 0.0438. The number of carbonyl (C=O) groups is 3. The molecule has 3 aromatic rings. The van der Waals surface area contributed by atoms with Crippen molar-refractivity contribution in [1.29, 1.82) is 0 Å². The van der Waals surface area contributed by atoms with E-state index in [4.69, 9.17) is 21.3 Å². The molecule has 1 saturated heterocycles. The lowest BCUT2D eigenvalue weighted by atomic mass is 9.86. The first kappa shape index (κ1) is 51.3. The summed E-state index contributed by atoms with van der Waals surface area (Å²) in [6.07, 6.45) is 10.9. The molecule has 7 rings (SSSR count). The molecule has 0 radical (unpaired) electrons. The van der Waals surface area contributed by atoms with Crippen LogP contribution >= 0.6 is 12.4 Å². The molecule has 2 atom stereocenters. The summed E-state index contributed by atoms with van der Waals surface area (Å²) >= 11 is 0. The Morgan fingerprint density at radius 3 is 1.44 bits per heavy atom. The largest absolute Gasteiger partial charge is 0.444 e. The highest BCUT2D eigenvalue weighted by Crippen LogP contribution is 2.35. The number of aliphatic hydroxyl groups excluding tert-OH is 2. The van der Waals surface area contributed by atoms with E-state index in [0.29, 0.717) is 24.7 Å². The molecule has 3 aliphatic carbocycles. The molecule has 2 unspecified atom stereocenters. The SMILES string of the molecule is C1CCOC1.CC(=O)c1ccnn1C1CC(NC(=O)OC(C)(C)C)C1.CC(O)c1ccnn1C1CC(N)C1.CC(O)c1ccnn1C1CC(NC(=O)OC(C)(C)C)C1.Cl.[2H]CC. The first-order valence-corrected chi connectivity index (χ1v) is 21.2. The van der Waals surface area contributed by atoms with Gasteiger partial charge in [0.25, 0.3) is 0 Å². The minimum atomic E-state index is -0.532. The zero-order valence-electron chi connectivity index (χ0n) is 38.9. The third-order valence-corrected chi connectivity index (χ3v) is 9.97. The Bertz CT molecular complexity index is 1760. The predicted octanol–water partition coefficient (Wildman–Crippen LogP) is 7.32. The van der Waals surface area contributed by atoms with Gasteiger partial charge in [-0.25, -0.2) is 9.59 Å². The summed E-state index contributed by atoms with van der Waals surface area (Å²) in [5.74, 6) is 0.00560. The molecule has 346 valence electrons. The highest BCUT2D eigenvalue weighted by molar-refractivity contribution is 5.92. The fraction of sp³-hybridized carbons (Fsp3) is 0.721. The molecule has 18 heteroatoms. The number of nitrogens with two attached hydrogens (primary N) is 1. The van der Waals surface area contributed by atoms with E-state index in [1.807, 2.05) is 63.0 Å². The minimum Gasteiger partial charge on any atom is -0.444 e. The van der Waals surface area contributed by atoms with Crippen LogP contribution in [0.3, 0.4) is 0 Å². The van der Waals surface area contributed by atoms with Crippen molar-refractivity contribution in [1.82, 2.24) is 40.0 Å². The van der Waals surface area contributed by atoms with Crippen LogP contribution in [0, 0.1) is 0 Å². The van der Waals surface area contributed by atoms with E-state index in [-0.39, 0.29) is 48.5 Å². The quantitative estimate of drug-likeness (QED) is 0.140. The smallest absolute Gasteiger partial charge is 0.407 e. The first-order valence-electron chi connectivity index (χ1n) is 21.9. The number of aromatic nitrogens is 6. The van der Waals surface area contributed by atoms with Crippen molar-refractivity contribution in [3.63, 3.8) is 0 Å². The number of rotatable bonds is 8. The van der Waals surface area contributed by atoms with Gasteiger partial charge in [0.15, 0.2) is 5.78 Å². The van der Waals surface area contributed by atoms with Gasteiger partial charge in [-0.3, -0.25) is 18.8 Å².